The highest BCUT2D eigenvalue weighted by Crippen LogP contribution is 2.27. The SMILES string of the molecule is CC(N[C@@H](C)C1CCCCC1)c1ccccc1. The minimum Gasteiger partial charge on any atom is -0.307 e. The van der Waals surface area contributed by atoms with Gasteiger partial charge in [-0.25, -0.2) is 0 Å². The van der Waals surface area contributed by atoms with Gasteiger partial charge in [-0.05, 0) is 38.2 Å². The van der Waals surface area contributed by atoms with Gasteiger partial charge in [-0.1, -0.05) is 49.6 Å². The molecule has 1 aromatic rings. The van der Waals surface area contributed by atoms with E-state index in [1.54, 1.807) is 0 Å². The van der Waals surface area contributed by atoms with Crippen LogP contribution in [0, 0.1) is 5.92 Å². The maximum absolute atomic E-state index is 3.77. The summed E-state index contributed by atoms with van der Waals surface area (Å²) in [5, 5.41) is 3.77. The van der Waals surface area contributed by atoms with E-state index in [1.165, 1.54) is 37.7 Å². The molecule has 1 saturated carbocycles. The Kier molecular flexibility index (Phi) is 4.61. The van der Waals surface area contributed by atoms with E-state index in [0.29, 0.717) is 12.1 Å². The lowest BCUT2D eigenvalue weighted by Gasteiger charge is -2.30. The third-order valence-electron chi connectivity index (χ3n) is 4.17. The van der Waals surface area contributed by atoms with Gasteiger partial charge in [0.15, 0.2) is 0 Å². The molecule has 0 amide bonds. The van der Waals surface area contributed by atoms with E-state index in [-0.39, 0.29) is 0 Å². The molecule has 1 fully saturated rings. The van der Waals surface area contributed by atoms with Crippen LogP contribution in [0.5, 0.6) is 0 Å². The van der Waals surface area contributed by atoms with Crippen LogP contribution in [0.3, 0.4) is 0 Å². The molecule has 1 aliphatic rings. The molecule has 1 N–H and O–H groups in total. The molecule has 2 atom stereocenters. The molecule has 1 aromatic carbocycles. The number of hydrogen-bond acceptors (Lipinski definition) is 1. The zero-order valence-corrected chi connectivity index (χ0v) is 11.2. The van der Waals surface area contributed by atoms with Crippen LogP contribution in [-0.4, -0.2) is 6.04 Å². The monoisotopic (exact) mass is 231 g/mol. The van der Waals surface area contributed by atoms with Crippen LogP contribution < -0.4 is 5.32 Å². The van der Waals surface area contributed by atoms with Crippen LogP contribution in [0.2, 0.25) is 0 Å². The molecule has 0 saturated heterocycles. The van der Waals surface area contributed by atoms with Gasteiger partial charge in [0.2, 0.25) is 0 Å². The molecule has 0 heterocycles. The largest absolute Gasteiger partial charge is 0.307 e. The second kappa shape index (κ2) is 6.20. The van der Waals surface area contributed by atoms with Gasteiger partial charge < -0.3 is 5.32 Å². The molecule has 1 unspecified atom stereocenters. The summed E-state index contributed by atoms with van der Waals surface area (Å²) in [5.41, 5.74) is 1.40. The van der Waals surface area contributed by atoms with Crippen molar-refractivity contribution in [3.63, 3.8) is 0 Å². The Morgan fingerprint density at radius 1 is 1.00 bits per heavy atom. The lowest BCUT2D eigenvalue weighted by molar-refractivity contribution is 0.268. The van der Waals surface area contributed by atoms with Gasteiger partial charge in [0.1, 0.15) is 0 Å². The second-order valence-corrected chi connectivity index (χ2v) is 5.49. The summed E-state index contributed by atoms with van der Waals surface area (Å²) >= 11 is 0. The number of hydrogen-bond donors (Lipinski definition) is 1. The first-order valence-electron chi connectivity index (χ1n) is 7.08. The van der Waals surface area contributed by atoms with Crippen molar-refractivity contribution in [2.45, 2.75) is 58.0 Å². The summed E-state index contributed by atoms with van der Waals surface area (Å²) in [6, 6.07) is 11.9. The van der Waals surface area contributed by atoms with Crippen molar-refractivity contribution >= 4 is 0 Å². The Morgan fingerprint density at radius 2 is 1.65 bits per heavy atom. The Hall–Kier alpha value is -0.820. The van der Waals surface area contributed by atoms with Crippen LogP contribution >= 0.6 is 0 Å². The van der Waals surface area contributed by atoms with Crippen LogP contribution in [0.1, 0.15) is 57.6 Å². The van der Waals surface area contributed by atoms with Crippen LogP contribution in [0.4, 0.5) is 0 Å². The molecule has 1 aliphatic carbocycles. The third kappa shape index (κ3) is 3.57. The van der Waals surface area contributed by atoms with E-state index in [4.69, 9.17) is 0 Å². The van der Waals surface area contributed by atoms with Crippen molar-refractivity contribution in [3.8, 4) is 0 Å². The minimum atomic E-state index is 0.466. The van der Waals surface area contributed by atoms with Gasteiger partial charge in [0.25, 0.3) is 0 Å². The quantitative estimate of drug-likeness (QED) is 0.814. The zero-order chi connectivity index (χ0) is 12.1. The van der Waals surface area contributed by atoms with Crippen molar-refractivity contribution in [2.24, 2.45) is 5.92 Å². The molecule has 0 radical (unpaired) electrons. The lowest BCUT2D eigenvalue weighted by Crippen LogP contribution is -2.36. The normalized spacial score (nSPS) is 21.1. The fourth-order valence-corrected chi connectivity index (χ4v) is 3.00. The Labute approximate surface area is 106 Å². The predicted molar refractivity (Wildman–Crippen MR) is 74.0 cm³/mol. The Morgan fingerprint density at radius 3 is 2.29 bits per heavy atom. The number of rotatable bonds is 4. The van der Waals surface area contributed by atoms with Gasteiger partial charge >= 0.3 is 0 Å². The molecular formula is C16H25N. The van der Waals surface area contributed by atoms with E-state index in [1.807, 2.05) is 0 Å². The van der Waals surface area contributed by atoms with Gasteiger partial charge in [0, 0.05) is 12.1 Å². The Balaban J connectivity index is 1.87. The standard InChI is InChI=1S/C16H25N/c1-13(15-9-5-3-6-10-15)17-14(2)16-11-7-4-8-12-16/h3,5-6,9-10,13-14,16-17H,4,7-8,11-12H2,1-2H3/t13?,14-/m0/s1. The summed E-state index contributed by atoms with van der Waals surface area (Å²) in [7, 11) is 0. The molecule has 1 heteroatoms. The summed E-state index contributed by atoms with van der Waals surface area (Å²) in [6.07, 6.45) is 7.12. The Bertz CT molecular complexity index is 314. The van der Waals surface area contributed by atoms with E-state index < -0.39 is 0 Å². The van der Waals surface area contributed by atoms with Crippen LogP contribution in [-0.2, 0) is 0 Å². The summed E-state index contributed by atoms with van der Waals surface area (Å²) in [4.78, 5) is 0. The maximum Gasteiger partial charge on any atom is 0.0294 e. The molecule has 17 heavy (non-hydrogen) atoms. The molecule has 0 spiro atoms. The van der Waals surface area contributed by atoms with Gasteiger partial charge in [-0.3, -0.25) is 0 Å². The highest BCUT2D eigenvalue weighted by Gasteiger charge is 2.21. The van der Waals surface area contributed by atoms with Gasteiger partial charge in [-0.2, -0.15) is 0 Å². The molecule has 1 nitrogen and oxygen atoms in total. The van der Waals surface area contributed by atoms with Gasteiger partial charge in [0.05, 0.1) is 0 Å². The first-order chi connectivity index (χ1) is 8.27. The topological polar surface area (TPSA) is 12.0 Å². The molecule has 94 valence electrons. The minimum absolute atomic E-state index is 0.466. The summed E-state index contributed by atoms with van der Waals surface area (Å²) in [6.45, 7) is 4.63. The highest BCUT2D eigenvalue weighted by atomic mass is 14.9. The fraction of sp³-hybridized carbons (Fsp3) is 0.625. The highest BCUT2D eigenvalue weighted by molar-refractivity contribution is 5.18. The van der Waals surface area contributed by atoms with E-state index in [0.717, 1.165) is 5.92 Å². The maximum atomic E-state index is 3.77. The van der Waals surface area contributed by atoms with Crippen molar-refractivity contribution in [3.05, 3.63) is 35.9 Å². The van der Waals surface area contributed by atoms with Crippen molar-refractivity contribution in [1.29, 1.82) is 0 Å². The summed E-state index contributed by atoms with van der Waals surface area (Å²) < 4.78 is 0. The van der Waals surface area contributed by atoms with E-state index in [2.05, 4.69) is 49.5 Å². The molecule has 0 aromatic heterocycles. The second-order valence-electron chi connectivity index (χ2n) is 5.49. The van der Waals surface area contributed by atoms with Crippen LogP contribution in [0.15, 0.2) is 30.3 Å². The third-order valence-corrected chi connectivity index (χ3v) is 4.17. The average Bonchev–Trinajstić information content (AvgIpc) is 2.40. The lowest BCUT2D eigenvalue weighted by atomic mass is 9.84. The van der Waals surface area contributed by atoms with Crippen molar-refractivity contribution in [1.82, 2.24) is 5.32 Å². The van der Waals surface area contributed by atoms with Crippen molar-refractivity contribution in [2.75, 3.05) is 0 Å². The summed E-state index contributed by atoms with van der Waals surface area (Å²) in [5.74, 6) is 0.884. The number of benzene rings is 1. The molecule has 0 aliphatic heterocycles. The molecule has 0 bridgehead atoms. The molecular weight excluding hydrogens is 206 g/mol. The first-order valence-corrected chi connectivity index (χ1v) is 7.08. The predicted octanol–water partition coefficient (Wildman–Crippen LogP) is 4.31. The smallest absolute Gasteiger partial charge is 0.0294 e. The first kappa shape index (κ1) is 12.6. The van der Waals surface area contributed by atoms with Crippen molar-refractivity contribution < 1.29 is 0 Å². The number of nitrogens with one attached hydrogen (secondary N) is 1. The average molecular weight is 231 g/mol. The van der Waals surface area contributed by atoms with Gasteiger partial charge in [-0.15, -0.1) is 0 Å². The fourth-order valence-electron chi connectivity index (χ4n) is 3.00. The van der Waals surface area contributed by atoms with Crippen LogP contribution in [0.25, 0.3) is 0 Å². The van der Waals surface area contributed by atoms with E-state index >= 15 is 0 Å². The molecule has 2 rings (SSSR count). The van der Waals surface area contributed by atoms with E-state index in [9.17, 15) is 0 Å². The zero-order valence-electron chi connectivity index (χ0n) is 11.2.